The average Bonchev–Trinajstić information content (AvgIpc) is 2.57. The maximum absolute atomic E-state index is 11.8. The van der Waals surface area contributed by atoms with Gasteiger partial charge in [0, 0.05) is 11.9 Å². The van der Waals surface area contributed by atoms with E-state index < -0.39 is 21.9 Å². The van der Waals surface area contributed by atoms with Gasteiger partial charge in [-0.25, -0.2) is 19.5 Å². The van der Waals surface area contributed by atoms with Crippen molar-refractivity contribution in [1.82, 2.24) is 19.4 Å². The van der Waals surface area contributed by atoms with E-state index in [1.165, 1.54) is 11.1 Å². The third kappa shape index (κ3) is 7.58. The molecule has 0 aliphatic rings. The fraction of sp³-hybridized carbons (Fsp3) is 0.550. The Hall–Kier alpha value is -2.26. The summed E-state index contributed by atoms with van der Waals surface area (Å²) in [4.78, 5) is 20.3. The van der Waals surface area contributed by atoms with Crippen molar-refractivity contribution < 1.29 is 17.9 Å². The summed E-state index contributed by atoms with van der Waals surface area (Å²) in [6, 6.07) is 4.19. The molecule has 1 aromatic heterocycles. The minimum Gasteiger partial charge on any atom is -0.443 e. The molecule has 0 bridgehead atoms. The third-order valence-corrected chi connectivity index (χ3v) is 5.35. The Morgan fingerprint density at radius 3 is 2.45 bits per heavy atom. The van der Waals surface area contributed by atoms with Crippen molar-refractivity contribution in [3.05, 3.63) is 35.3 Å². The van der Waals surface area contributed by atoms with E-state index in [4.69, 9.17) is 4.74 Å². The molecule has 160 valence electrons. The fourth-order valence-corrected chi connectivity index (χ4v) is 3.56. The Kier molecular flexibility index (Phi) is 7.54. The maximum Gasteiger partial charge on any atom is 0.422 e. The molecule has 8 nitrogen and oxygen atoms in total. The van der Waals surface area contributed by atoms with Crippen LogP contribution in [0.15, 0.2) is 18.5 Å². The van der Waals surface area contributed by atoms with Crippen molar-refractivity contribution in [3.63, 3.8) is 0 Å². The van der Waals surface area contributed by atoms with Crippen LogP contribution in [-0.4, -0.2) is 36.6 Å². The van der Waals surface area contributed by atoms with Crippen LogP contribution in [0.2, 0.25) is 0 Å². The van der Waals surface area contributed by atoms with Gasteiger partial charge < -0.3 is 4.74 Å². The zero-order valence-electron chi connectivity index (χ0n) is 17.7. The van der Waals surface area contributed by atoms with Crippen molar-refractivity contribution in [2.75, 3.05) is 6.54 Å². The smallest absolute Gasteiger partial charge is 0.422 e. The van der Waals surface area contributed by atoms with Gasteiger partial charge in [0.05, 0.1) is 11.2 Å². The van der Waals surface area contributed by atoms with E-state index in [1.807, 2.05) is 4.72 Å². The molecule has 0 aliphatic carbocycles. The Labute approximate surface area is 172 Å². The Morgan fingerprint density at radius 2 is 1.76 bits per heavy atom. The van der Waals surface area contributed by atoms with Gasteiger partial charge in [-0.1, -0.05) is 6.42 Å². The standard InChI is InChI=1S/C20H30N4O4S/c1-14-11-16-17(21-13-22-18(16)12-15(14)2)9-7-6-8-10-23-29(26,27)24-19(25)28-20(3,4)5/h11-13,23H,6-10H2,1-5H3,(H,24,25). The van der Waals surface area contributed by atoms with Crippen LogP contribution in [0.25, 0.3) is 10.9 Å². The molecule has 2 aromatic rings. The van der Waals surface area contributed by atoms with E-state index in [9.17, 15) is 13.2 Å². The first-order valence-corrected chi connectivity index (χ1v) is 11.2. The average molecular weight is 423 g/mol. The molecule has 2 N–H and O–H groups in total. The number of ether oxygens (including phenoxy) is 1. The Balaban J connectivity index is 1.77. The lowest BCUT2D eigenvalue weighted by Crippen LogP contribution is -2.43. The van der Waals surface area contributed by atoms with Crippen LogP contribution in [0.1, 0.15) is 56.9 Å². The second-order valence-electron chi connectivity index (χ2n) is 8.09. The van der Waals surface area contributed by atoms with Crippen molar-refractivity contribution in [2.45, 2.75) is 65.9 Å². The summed E-state index contributed by atoms with van der Waals surface area (Å²) in [5.41, 5.74) is 3.60. The molecule has 1 heterocycles. The normalized spacial score (nSPS) is 12.2. The molecule has 0 saturated carbocycles. The minimum atomic E-state index is -3.93. The lowest BCUT2D eigenvalue weighted by Gasteiger charge is -2.19. The summed E-state index contributed by atoms with van der Waals surface area (Å²) in [7, 11) is -3.93. The number of fused-ring (bicyclic) bond motifs is 1. The quantitative estimate of drug-likeness (QED) is 0.632. The molecule has 0 radical (unpaired) electrons. The van der Waals surface area contributed by atoms with Crippen LogP contribution >= 0.6 is 0 Å². The summed E-state index contributed by atoms with van der Waals surface area (Å²) >= 11 is 0. The Bertz CT molecular complexity index is 968. The fourth-order valence-electron chi connectivity index (χ4n) is 2.81. The van der Waals surface area contributed by atoms with Gasteiger partial charge in [0.1, 0.15) is 11.9 Å². The van der Waals surface area contributed by atoms with Gasteiger partial charge in [-0.3, -0.25) is 0 Å². The van der Waals surface area contributed by atoms with E-state index in [0.29, 0.717) is 6.42 Å². The molecule has 0 aliphatic heterocycles. The molecule has 9 heteroatoms. The number of benzene rings is 1. The molecular weight excluding hydrogens is 392 g/mol. The molecule has 29 heavy (non-hydrogen) atoms. The minimum absolute atomic E-state index is 0.237. The monoisotopic (exact) mass is 422 g/mol. The molecule has 0 saturated heterocycles. The maximum atomic E-state index is 11.8. The number of aryl methyl sites for hydroxylation is 3. The number of carbonyl (C=O) groups is 1. The molecule has 1 aromatic carbocycles. The van der Waals surface area contributed by atoms with Crippen LogP contribution in [-0.2, 0) is 21.4 Å². The summed E-state index contributed by atoms with van der Waals surface area (Å²) in [5.74, 6) is 0. The van der Waals surface area contributed by atoms with E-state index in [-0.39, 0.29) is 6.54 Å². The number of unbranched alkanes of at least 4 members (excludes halogenated alkanes) is 2. The first-order chi connectivity index (χ1) is 13.5. The second-order valence-corrected chi connectivity index (χ2v) is 9.59. The van der Waals surface area contributed by atoms with Gasteiger partial charge in [-0.2, -0.15) is 13.1 Å². The molecule has 0 atom stereocenters. The lowest BCUT2D eigenvalue weighted by atomic mass is 10.0. The molecular formula is C20H30N4O4S. The van der Waals surface area contributed by atoms with Crippen LogP contribution in [0.5, 0.6) is 0 Å². The highest BCUT2D eigenvalue weighted by Crippen LogP contribution is 2.21. The first kappa shape index (κ1) is 23.0. The highest BCUT2D eigenvalue weighted by atomic mass is 32.2. The van der Waals surface area contributed by atoms with Gasteiger partial charge in [0.2, 0.25) is 0 Å². The van der Waals surface area contributed by atoms with E-state index in [0.717, 1.165) is 35.9 Å². The largest absolute Gasteiger partial charge is 0.443 e. The van der Waals surface area contributed by atoms with Crippen molar-refractivity contribution in [2.24, 2.45) is 0 Å². The number of nitrogens with one attached hydrogen (secondary N) is 2. The van der Waals surface area contributed by atoms with Crippen LogP contribution in [0.4, 0.5) is 4.79 Å². The van der Waals surface area contributed by atoms with E-state index in [1.54, 1.807) is 27.1 Å². The topological polar surface area (TPSA) is 110 Å². The molecule has 0 spiro atoms. The number of hydrogen-bond acceptors (Lipinski definition) is 6. The summed E-state index contributed by atoms with van der Waals surface area (Å²) in [5, 5.41) is 1.07. The van der Waals surface area contributed by atoms with Crippen molar-refractivity contribution in [1.29, 1.82) is 0 Å². The number of carbonyl (C=O) groups excluding carboxylic acids is 1. The molecule has 2 rings (SSSR count). The number of amides is 1. The highest BCUT2D eigenvalue weighted by Gasteiger charge is 2.20. The summed E-state index contributed by atoms with van der Waals surface area (Å²) < 4.78 is 32.8. The first-order valence-electron chi connectivity index (χ1n) is 9.68. The van der Waals surface area contributed by atoms with Crippen LogP contribution < -0.4 is 9.44 Å². The third-order valence-electron chi connectivity index (χ3n) is 4.33. The molecule has 0 unspecified atom stereocenters. The van der Waals surface area contributed by atoms with Crippen molar-refractivity contribution >= 4 is 27.2 Å². The SMILES string of the molecule is Cc1cc2ncnc(CCCCCNS(=O)(=O)NC(=O)OC(C)(C)C)c2cc1C. The number of hydrogen-bond donors (Lipinski definition) is 2. The zero-order chi connectivity index (χ0) is 21.7. The van der Waals surface area contributed by atoms with E-state index >= 15 is 0 Å². The zero-order valence-corrected chi connectivity index (χ0v) is 18.5. The summed E-state index contributed by atoms with van der Waals surface area (Å²) in [6.07, 6.45) is 3.74. The highest BCUT2D eigenvalue weighted by molar-refractivity contribution is 7.88. The summed E-state index contributed by atoms with van der Waals surface area (Å²) in [6.45, 7) is 9.36. The predicted molar refractivity (Wildman–Crippen MR) is 113 cm³/mol. The number of rotatable bonds is 8. The molecule has 0 fully saturated rings. The number of aromatic nitrogens is 2. The Morgan fingerprint density at radius 1 is 1.07 bits per heavy atom. The lowest BCUT2D eigenvalue weighted by molar-refractivity contribution is 0.0569. The predicted octanol–water partition coefficient (Wildman–Crippen LogP) is 3.32. The second kappa shape index (κ2) is 9.49. The van der Waals surface area contributed by atoms with Crippen molar-refractivity contribution in [3.8, 4) is 0 Å². The van der Waals surface area contributed by atoms with E-state index in [2.05, 4.69) is 40.7 Å². The van der Waals surface area contributed by atoms with Gasteiger partial charge in [0.25, 0.3) is 0 Å². The van der Waals surface area contributed by atoms with Gasteiger partial charge in [-0.15, -0.1) is 0 Å². The number of nitrogens with zero attached hydrogens (tertiary/aromatic N) is 2. The van der Waals surface area contributed by atoms with Crippen LogP contribution in [0, 0.1) is 13.8 Å². The van der Waals surface area contributed by atoms with Gasteiger partial charge >= 0.3 is 16.3 Å². The molecule has 1 amide bonds. The van der Waals surface area contributed by atoms with Gasteiger partial charge in [0.15, 0.2) is 0 Å². The van der Waals surface area contributed by atoms with Gasteiger partial charge in [-0.05, 0) is 77.1 Å². The van der Waals surface area contributed by atoms with Crippen LogP contribution in [0.3, 0.4) is 0 Å².